The van der Waals surface area contributed by atoms with E-state index in [1.54, 1.807) is 0 Å². The fourth-order valence-corrected chi connectivity index (χ4v) is 1.82. The molecule has 1 aromatic carbocycles. The first-order chi connectivity index (χ1) is 9.21. The molecule has 1 N–H and O–H groups in total. The molecule has 0 saturated heterocycles. The largest absolute Gasteiger partial charge is 0.493 e. The standard InChI is InChI=1S/C17H24O2/c1-4-15(5-2)13-19-17-10-9-16(14(3)12-17)8-6-7-11-18/h9-10,12,15,18H,4-5,7,11,13H2,1-3H3. The van der Waals surface area contributed by atoms with Crippen LogP contribution in [0.1, 0.15) is 44.2 Å². The topological polar surface area (TPSA) is 29.5 Å². The number of aryl methyl sites for hydroxylation is 1. The van der Waals surface area contributed by atoms with Gasteiger partial charge in [-0.25, -0.2) is 0 Å². The summed E-state index contributed by atoms with van der Waals surface area (Å²) in [7, 11) is 0. The molecule has 0 heterocycles. The van der Waals surface area contributed by atoms with E-state index in [-0.39, 0.29) is 6.61 Å². The van der Waals surface area contributed by atoms with Crippen molar-refractivity contribution >= 4 is 0 Å². The number of aliphatic hydroxyl groups excluding tert-OH is 1. The molecule has 1 rings (SSSR count). The predicted molar refractivity (Wildman–Crippen MR) is 79.3 cm³/mol. The van der Waals surface area contributed by atoms with E-state index in [9.17, 15) is 0 Å². The molecule has 0 aromatic heterocycles. The van der Waals surface area contributed by atoms with Crippen molar-refractivity contribution < 1.29 is 9.84 Å². The summed E-state index contributed by atoms with van der Waals surface area (Å²) in [5.74, 6) is 7.55. The van der Waals surface area contributed by atoms with E-state index in [2.05, 4.69) is 25.7 Å². The maximum Gasteiger partial charge on any atom is 0.119 e. The zero-order valence-corrected chi connectivity index (χ0v) is 12.2. The van der Waals surface area contributed by atoms with Crippen LogP contribution in [0.5, 0.6) is 5.75 Å². The Morgan fingerprint density at radius 2 is 2.00 bits per heavy atom. The molecule has 1 aromatic rings. The van der Waals surface area contributed by atoms with Crippen molar-refractivity contribution in [3.63, 3.8) is 0 Å². The molecule has 0 aliphatic carbocycles. The van der Waals surface area contributed by atoms with Crippen LogP contribution in [-0.4, -0.2) is 18.3 Å². The third-order valence-electron chi connectivity index (χ3n) is 3.30. The molecule has 0 aliphatic heterocycles. The van der Waals surface area contributed by atoms with Gasteiger partial charge in [0.2, 0.25) is 0 Å². The Kier molecular flexibility index (Phi) is 7.07. The highest BCUT2D eigenvalue weighted by Gasteiger charge is 2.05. The molecule has 0 spiro atoms. The van der Waals surface area contributed by atoms with Gasteiger partial charge >= 0.3 is 0 Å². The lowest BCUT2D eigenvalue weighted by atomic mass is 10.1. The predicted octanol–water partition coefficient (Wildman–Crippen LogP) is 3.54. The lowest BCUT2D eigenvalue weighted by molar-refractivity contribution is 0.240. The van der Waals surface area contributed by atoms with Crippen LogP contribution in [0.2, 0.25) is 0 Å². The minimum Gasteiger partial charge on any atom is -0.493 e. The van der Waals surface area contributed by atoms with Gasteiger partial charge in [0.25, 0.3) is 0 Å². The van der Waals surface area contributed by atoms with Crippen LogP contribution in [-0.2, 0) is 0 Å². The van der Waals surface area contributed by atoms with E-state index in [1.165, 1.54) is 0 Å². The van der Waals surface area contributed by atoms with E-state index in [1.807, 2.05) is 25.1 Å². The van der Waals surface area contributed by atoms with Crippen LogP contribution in [0, 0.1) is 24.7 Å². The van der Waals surface area contributed by atoms with Crippen molar-refractivity contribution in [2.75, 3.05) is 13.2 Å². The molecule has 19 heavy (non-hydrogen) atoms. The first kappa shape index (κ1) is 15.6. The molecule has 0 unspecified atom stereocenters. The Morgan fingerprint density at radius 1 is 1.26 bits per heavy atom. The maximum absolute atomic E-state index is 8.70. The molecular weight excluding hydrogens is 236 g/mol. The van der Waals surface area contributed by atoms with Crippen LogP contribution < -0.4 is 4.74 Å². The Hall–Kier alpha value is -1.46. The zero-order valence-electron chi connectivity index (χ0n) is 12.2. The van der Waals surface area contributed by atoms with E-state index < -0.39 is 0 Å². The second-order valence-electron chi connectivity index (χ2n) is 4.75. The average Bonchev–Trinajstić information content (AvgIpc) is 2.42. The molecule has 0 atom stereocenters. The number of ether oxygens (including phenoxy) is 1. The summed E-state index contributed by atoms with van der Waals surface area (Å²) in [6, 6.07) is 5.99. The third-order valence-corrected chi connectivity index (χ3v) is 3.30. The monoisotopic (exact) mass is 260 g/mol. The molecule has 104 valence electrons. The van der Waals surface area contributed by atoms with Crippen molar-refractivity contribution in [1.29, 1.82) is 0 Å². The minimum atomic E-state index is 0.114. The molecular formula is C17H24O2. The SMILES string of the molecule is CCC(CC)COc1ccc(C#CCCO)c(C)c1. The van der Waals surface area contributed by atoms with Crippen LogP contribution >= 0.6 is 0 Å². The van der Waals surface area contributed by atoms with Crippen LogP contribution in [0.4, 0.5) is 0 Å². The lowest BCUT2D eigenvalue weighted by Crippen LogP contribution is -2.10. The van der Waals surface area contributed by atoms with Crippen molar-refractivity contribution in [2.24, 2.45) is 5.92 Å². The normalized spacial score (nSPS) is 10.2. The molecule has 0 aliphatic rings. The molecule has 2 heteroatoms. The molecule has 0 radical (unpaired) electrons. The van der Waals surface area contributed by atoms with Crippen LogP contribution in [0.15, 0.2) is 18.2 Å². The van der Waals surface area contributed by atoms with Crippen molar-refractivity contribution in [3.8, 4) is 17.6 Å². The first-order valence-corrected chi connectivity index (χ1v) is 7.04. The molecule has 0 fully saturated rings. The fraction of sp³-hybridized carbons (Fsp3) is 0.529. The summed E-state index contributed by atoms with van der Waals surface area (Å²) in [6.07, 6.45) is 2.83. The van der Waals surface area contributed by atoms with Gasteiger partial charge in [-0.1, -0.05) is 38.5 Å². The lowest BCUT2D eigenvalue weighted by Gasteiger charge is -2.14. The van der Waals surface area contributed by atoms with E-state index >= 15 is 0 Å². The summed E-state index contributed by atoms with van der Waals surface area (Å²) < 4.78 is 5.82. The van der Waals surface area contributed by atoms with E-state index in [0.717, 1.165) is 36.3 Å². The van der Waals surface area contributed by atoms with E-state index in [0.29, 0.717) is 12.3 Å². The summed E-state index contributed by atoms with van der Waals surface area (Å²) in [4.78, 5) is 0. The summed E-state index contributed by atoms with van der Waals surface area (Å²) in [5.41, 5.74) is 2.12. The molecule has 0 saturated carbocycles. The van der Waals surface area contributed by atoms with Gasteiger partial charge in [-0.3, -0.25) is 0 Å². The minimum absolute atomic E-state index is 0.114. The van der Waals surface area contributed by atoms with Crippen molar-refractivity contribution in [2.45, 2.75) is 40.0 Å². The van der Waals surface area contributed by atoms with Crippen molar-refractivity contribution in [3.05, 3.63) is 29.3 Å². The van der Waals surface area contributed by atoms with E-state index in [4.69, 9.17) is 9.84 Å². The van der Waals surface area contributed by atoms with Crippen LogP contribution in [0.25, 0.3) is 0 Å². The second kappa shape index (κ2) is 8.61. The fourth-order valence-electron chi connectivity index (χ4n) is 1.82. The summed E-state index contributed by atoms with van der Waals surface area (Å²) in [5, 5.41) is 8.70. The van der Waals surface area contributed by atoms with Gasteiger partial charge < -0.3 is 9.84 Å². The Bertz CT molecular complexity index is 436. The maximum atomic E-state index is 8.70. The number of benzene rings is 1. The third kappa shape index (κ3) is 5.36. The van der Waals surface area contributed by atoms with Gasteiger partial charge in [-0.05, 0) is 36.6 Å². The Balaban J connectivity index is 2.64. The number of aliphatic hydroxyl groups is 1. The number of hydrogen-bond acceptors (Lipinski definition) is 2. The Labute approximate surface area is 116 Å². The molecule has 0 amide bonds. The summed E-state index contributed by atoms with van der Waals surface area (Å²) in [6.45, 7) is 7.32. The summed E-state index contributed by atoms with van der Waals surface area (Å²) >= 11 is 0. The van der Waals surface area contributed by atoms with Gasteiger partial charge in [-0.15, -0.1) is 0 Å². The van der Waals surface area contributed by atoms with Gasteiger partial charge in [0.05, 0.1) is 13.2 Å². The number of hydrogen-bond donors (Lipinski definition) is 1. The number of rotatable bonds is 6. The highest BCUT2D eigenvalue weighted by atomic mass is 16.5. The zero-order chi connectivity index (χ0) is 14.1. The smallest absolute Gasteiger partial charge is 0.119 e. The first-order valence-electron chi connectivity index (χ1n) is 7.04. The van der Waals surface area contributed by atoms with Gasteiger partial charge in [0.1, 0.15) is 5.75 Å². The average molecular weight is 260 g/mol. The Morgan fingerprint density at radius 3 is 2.58 bits per heavy atom. The highest BCUT2D eigenvalue weighted by Crippen LogP contribution is 2.18. The highest BCUT2D eigenvalue weighted by molar-refractivity contribution is 5.44. The van der Waals surface area contributed by atoms with Gasteiger partial charge in [0, 0.05) is 12.0 Å². The quantitative estimate of drug-likeness (QED) is 0.793. The van der Waals surface area contributed by atoms with Gasteiger partial charge in [0.15, 0.2) is 0 Å². The molecule has 2 nitrogen and oxygen atoms in total. The van der Waals surface area contributed by atoms with Crippen LogP contribution in [0.3, 0.4) is 0 Å². The second-order valence-corrected chi connectivity index (χ2v) is 4.75. The van der Waals surface area contributed by atoms with Crippen molar-refractivity contribution in [1.82, 2.24) is 0 Å². The van der Waals surface area contributed by atoms with Gasteiger partial charge in [-0.2, -0.15) is 0 Å². The molecule has 0 bridgehead atoms.